The molecule has 0 bridgehead atoms. The van der Waals surface area contributed by atoms with Crippen LogP contribution in [0.15, 0.2) is 42.7 Å². The topological polar surface area (TPSA) is 30.0 Å². The Labute approximate surface area is 92.8 Å². The summed E-state index contributed by atoms with van der Waals surface area (Å²) in [6.07, 6.45) is 4.57. The molecule has 0 N–H and O–H groups in total. The number of hydrogen-bond acceptors (Lipinski definition) is 2. The van der Waals surface area contributed by atoms with E-state index < -0.39 is 5.82 Å². The number of aromatic nitrogens is 1. The van der Waals surface area contributed by atoms with Gasteiger partial charge in [0.1, 0.15) is 5.82 Å². The summed E-state index contributed by atoms with van der Waals surface area (Å²) in [7, 11) is 0. The van der Waals surface area contributed by atoms with Crippen molar-refractivity contribution in [3.8, 4) is 0 Å². The second-order valence-corrected chi connectivity index (χ2v) is 3.51. The summed E-state index contributed by atoms with van der Waals surface area (Å²) >= 11 is 0. The third kappa shape index (κ3) is 2.31. The molecule has 2 rings (SSSR count). The normalized spacial score (nSPS) is 10.1. The molecule has 1 heterocycles. The molecule has 80 valence electrons. The molecule has 0 fully saturated rings. The molecule has 0 spiro atoms. The van der Waals surface area contributed by atoms with Gasteiger partial charge < -0.3 is 0 Å². The first-order valence-electron chi connectivity index (χ1n) is 4.92. The van der Waals surface area contributed by atoms with Gasteiger partial charge in [-0.2, -0.15) is 0 Å². The van der Waals surface area contributed by atoms with Crippen molar-refractivity contribution in [2.45, 2.75) is 6.42 Å². The summed E-state index contributed by atoms with van der Waals surface area (Å²) in [6, 6.07) is 8.40. The van der Waals surface area contributed by atoms with Crippen molar-refractivity contribution in [2.75, 3.05) is 0 Å². The number of benzene rings is 1. The predicted octanol–water partition coefficient (Wildman–Crippen LogP) is 2.62. The smallest absolute Gasteiger partial charge is 0.152 e. The molecule has 0 atom stereocenters. The van der Waals surface area contributed by atoms with E-state index in [0.29, 0.717) is 12.7 Å². The highest BCUT2D eigenvalue weighted by Crippen LogP contribution is 2.12. The van der Waals surface area contributed by atoms with Gasteiger partial charge in [-0.25, -0.2) is 4.39 Å². The minimum atomic E-state index is -0.476. The van der Waals surface area contributed by atoms with Crippen LogP contribution in [0.5, 0.6) is 0 Å². The van der Waals surface area contributed by atoms with Gasteiger partial charge in [0.05, 0.1) is 5.56 Å². The van der Waals surface area contributed by atoms with E-state index in [0.717, 1.165) is 11.1 Å². The lowest BCUT2D eigenvalue weighted by Crippen LogP contribution is -1.93. The highest BCUT2D eigenvalue weighted by atomic mass is 19.1. The monoisotopic (exact) mass is 215 g/mol. The van der Waals surface area contributed by atoms with Crippen LogP contribution in [-0.2, 0) is 6.42 Å². The first-order chi connectivity index (χ1) is 7.79. The van der Waals surface area contributed by atoms with Gasteiger partial charge in [-0.15, -0.1) is 0 Å². The van der Waals surface area contributed by atoms with Gasteiger partial charge in [-0.05, 0) is 35.7 Å². The number of halogens is 1. The van der Waals surface area contributed by atoms with Crippen molar-refractivity contribution in [3.05, 3.63) is 65.2 Å². The zero-order valence-corrected chi connectivity index (χ0v) is 8.56. The zero-order valence-electron chi connectivity index (χ0n) is 8.56. The van der Waals surface area contributed by atoms with Crippen LogP contribution in [0, 0.1) is 5.82 Å². The Balaban J connectivity index is 2.23. The van der Waals surface area contributed by atoms with Crippen molar-refractivity contribution in [3.63, 3.8) is 0 Å². The van der Waals surface area contributed by atoms with Crippen molar-refractivity contribution in [2.24, 2.45) is 0 Å². The quantitative estimate of drug-likeness (QED) is 0.737. The molecular weight excluding hydrogens is 205 g/mol. The highest BCUT2D eigenvalue weighted by Gasteiger charge is 2.03. The molecule has 0 radical (unpaired) electrons. The lowest BCUT2D eigenvalue weighted by Gasteiger charge is -2.02. The summed E-state index contributed by atoms with van der Waals surface area (Å²) in [6.45, 7) is 0. The lowest BCUT2D eigenvalue weighted by molar-refractivity contribution is 0.112. The minimum Gasteiger partial charge on any atom is -0.298 e. The molecule has 2 aromatic rings. The number of rotatable bonds is 3. The molecule has 0 aliphatic rings. The van der Waals surface area contributed by atoms with E-state index >= 15 is 0 Å². The summed E-state index contributed by atoms with van der Waals surface area (Å²) in [5.41, 5.74) is 1.94. The van der Waals surface area contributed by atoms with Gasteiger partial charge in [0.25, 0.3) is 0 Å². The van der Waals surface area contributed by atoms with E-state index in [1.807, 2.05) is 12.1 Å². The second-order valence-electron chi connectivity index (χ2n) is 3.51. The Morgan fingerprint density at radius 3 is 2.75 bits per heavy atom. The summed E-state index contributed by atoms with van der Waals surface area (Å²) in [5, 5.41) is 0. The maximum absolute atomic E-state index is 13.3. The number of carbonyl (C=O) groups excluding carboxylic acids is 1. The summed E-state index contributed by atoms with van der Waals surface area (Å²) in [4.78, 5) is 14.4. The van der Waals surface area contributed by atoms with Gasteiger partial charge in [-0.1, -0.05) is 12.1 Å². The molecule has 0 saturated carbocycles. The van der Waals surface area contributed by atoms with Gasteiger partial charge >= 0.3 is 0 Å². The highest BCUT2D eigenvalue weighted by molar-refractivity contribution is 5.75. The fourth-order valence-corrected chi connectivity index (χ4v) is 1.51. The first-order valence-corrected chi connectivity index (χ1v) is 4.92. The van der Waals surface area contributed by atoms with Gasteiger partial charge in [0.2, 0.25) is 0 Å². The van der Waals surface area contributed by atoms with Crippen molar-refractivity contribution in [1.82, 2.24) is 4.98 Å². The van der Waals surface area contributed by atoms with Crippen LogP contribution in [0.25, 0.3) is 0 Å². The Kier molecular flexibility index (Phi) is 3.05. The molecule has 0 unspecified atom stereocenters. The van der Waals surface area contributed by atoms with Crippen LogP contribution < -0.4 is 0 Å². The standard InChI is InChI=1S/C13H10FNO/c14-13-7-10(3-4-12(13)9-16)6-11-2-1-5-15-8-11/h1-5,7-9H,6H2. The van der Waals surface area contributed by atoms with Crippen LogP contribution >= 0.6 is 0 Å². The van der Waals surface area contributed by atoms with Crippen LogP contribution in [0.1, 0.15) is 21.5 Å². The van der Waals surface area contributed by atoms with Gasteiger partial charge in [0.15, 0.2) is 6.29 Å². The minimum absolute atomic E-state index is 0.0925. The number of pyridine rings is 1. The SMILES string of the molecule is O=Cc1ccc(Cc2cccnc2)cc1F. The lowest BCUT2D eigenvalue weighted by atomic mass is 10.0. The maximum atomic E-state index is 13.3. The predicted molar refractivity (Wildman–Crippen MR) is 58.8 cm³/mol. The number of hydrogen-bond donors (Lipinski definition) is 0. The van der Waals surface area contributed by atoms with Crippen molar-refractivity contribution >= 4 is 6.29 Å². The zero-order chi connectivity index (χ0) is 11.4. The fraction of sp³-hybridized carbons (Fsp3) is 0.0769. The average molecular weight is 215 g/mol. The van der Waals surface area contributed by atoms with E-state index in [1.165, 1.54) is 12.1 Å². The van der Waals surface area contributed by atoms with Crippen molar-refractivity contribution in [1.29, 1.82) is 0 Å². The Morgan fingerprint density at radius 2 is 2.12 bits per heavy atom. The molecular formula is C13H10FNO. The van der Waals surface area contributed by atoms with E-state index in [4.69, 9.17) is 0 Å². The third-order valence-corrected chi connectivity index (χ3v) is 2.32. The molecule has 0 amide bonds. The molecule has 16 heavy (non-hydrogen) atoms. The fourth-order valence-electron chi connectivity index (χ4n) is 1.51. The summed E-state index contributed by atoms with van der Waals surface area (Å²) in [5.74, 6) is -0.476. The molecule has 0 saturated heterocycles. The Hall–Kier alpha value is -2.03. The van der Waals surface area contributed by atoms with E-state index in [2.05, 4.69) is 4.98 Å². The summed E-state index contributed by atoms with van der Waals surface area (Å²) < 4.78 is 13.3. The number of carbonyl (C=O) groups is 1. The second kappa shape index (κ2) is 4.66. The molecule has 2 nitrogen and oxygen atoms in total. The van der Waals surface area contributed by atoms with Crippen LogP contribution in [0.2, 0.25) is 0 Å². The van der Waals surface area contributed by atoms with Gasteiger partial charge in [-0.3, -0.25) is 9.78 Å². The first kappa shape index (κ1) is 10.5. The maximum Gasteiger partial charge on any atom is 0.152 e. The van der Waals surface area contributed by atoms with Crippen LogP contribution in [0.3, 0.4) is 0 Å². The molecule has 3 heteroatoms. The molecule has 1 aromatic heterocycles. The van der Waals surface area contributed by atoms with Crippen LogP contribution in [-0.4, -0.2) is 11.3 Å². The Morgan fingerprint density at radius 1 is 1.25 bits per heavy atom. The van der Waals surface area contributed by atoms with Crippen molar-refractivity contribution < 1.29 is 9.18 Å². The van der Waals surface area contributed by atoms with Crippen LogP contribution in [0.4, 0.5) is 4.39 Å². The Bertz CT molecular complexity index is 497. The molecule has 1 aromatic carbocycles. The third-order valence-electron chi connectivity index (χ3n) is 2.32. The van der Waals surface area contributed by atoms with E-state index in [-0.39, 0.29) is 5.56 Å². The number of aldehydes is 1. The average Bonchev–Trinajstić information content (AvgIpc) is 2.31. The molecule has 0 aliphatic heterocycles. The largest absolute Gasteiger partial charge is 0.298 e. The van der Waals surface area contributed by atoms with E-state index in [9.17, 15) is 9.18 Å². The van der Waals surface area contributed by atoms with Gasteiger partial charge in [0, 0.05) is 12.4 Å². The van der Waals surface area contributed by atoms with E-state index in [1.54, 1.807) is 18.5 Å². The number of nitrogens with zero attached hydrogens (tertiary/aromatic N) is 1. The molecule has 0 aliphatic carbocycles.